The van der Waals surface area contributed by atoms with Gasteiger partial charge in [0, 0.05) is 32.1 Å². The lowest BCUT2D eigenvalue weighted by Crippen LogP contribution is -2.47. The monoisotopic (exact) mass is 299 g/mol. The Labute approximate surface area is 117 Å². The topological polar surface area (TPSA) is 94.8 Å². The first-order chi connectivity index (χ1) is 9.52. The molecular weight excluding hydrogens is 282 g/mol. The number of nitrogens with zero attached hydrogens (tertiary/aromatic N) is 2. The van der Waals surface area contributed by atoms with Crippen LogP contribution in [0.25, 0.3) is 0 Å². The van der Waals surface area contributed by atoms with Gasteiger partial charge in [-0.1, -0.05) is 0 Å². The summed E-state index contributed by atoms with van der Waals surface area (Å²) >= 11 is 0. The third-order valence-corrected chi connectivity index (χ3v) is 5.58. The van der Waals surface area contributed by atoms with E-state index >= 15 is 0 Å². The second-order valence-electron chi connectivity index (χ2n) is 4.93. The number of anilines is 1. The molecule has 0 aromatic carbocycles. The predicted octanol–water partition coefficient (Wildman–Crippen LogP) is 0.191. The molecule has 20 heavy (non-hydrogen) atoms. The average molecular weight is 299 g/mol. The van der Waals surface area contributed by atoms with Gasteiger partial charge in [0.1, 0.15) is 10.7 Å². The number of aromatic nitrogens is 1. The van der Waals surface area contributed by atoms with Gasteiger partial charge in [-0.2, -0.15) is 4.31 Å². The van der Waals surface area contributed by atoms with Gasteiger partial charge >= 0.3 is 0 Å². The molecule has 0 radical (unpaired) electrons. The molecule has 1 spiro atoms. The van der Waals surface area contributed by atoms with Crippen molar-refractivity contribution in [2.75, 3.05) is 32.0 Å². The Morgan fingerprint density at radius 1 is 1.20 bits per heavy atom. The zero-order valence-electron chi connectivity index (χ0n) is 11.0. The Balaban J connectivity index is 1.75. The molecule has 8 heteroatoms. The maximum absolute atomic E-state index is 12.5. The number of nitrogens with two attached hydrogens (primary N) is 1. The molecule has 2 saturated heterocycles. The molecule has 0 atom stereocenters. The van der Waals surface area contributed by atoms with Crippen molar-refractivity contribution in [1.29, 1.82) is 0 Å². The van der Waals surface area contributed by atoms with Gasteiger partial charge in [0.05, 0.1) is 13.2 Å². The summed E-state index contributed by atoms with van der Waals surface area (Å²) in [5, 5.41) is 0. The second-order valence-corrected chi connectivity index (χ2v) is 6.87. The lowest BCUT2D eigenvalue weighted by atomic mass is 10.1. The van der Waals surface area contributed by atoms with E-state index in [1.165, 1.54) is 22.6 Å². The van der Waals surface area contributed by atoms with Crippen LogP contribution < -0.4 is 5.73 Å². The standard InChI is InChI=1S/C12H17N3O4S/c13-11-2-1-10(9-14-11)20(16,17)15-5-3-12(4-6-15)18-7-8-19-12/h1-2,9H,3-8H2,(H2,13,14). The van der Waals surface area contributed by atoms with E-state index in [2.05, 4.69) is 4.98 Å². The van der Waals surface area contributed by atoms with E-state index < -0.39 is 15.8 Å². The predicted molar refractivity (Wildman–Crippen MR) is 71.3 cm³/mol. The maximum Gasteiger partial charge on any atom is 0.244 e. The number of sulfonamides is 1. The fourth-order valence-electron chi connectivity index (χ4n) is 2.55. The van der Waals surface area contributed by atoms with Crippen molar-refractivity contribution in [1.82, 2.24) is 9.29 Å². The van der Waals surface area contributed by atoms with Crippen molar-refractivity contribution in [3.05, 3.63) is 18.3 Å². The Morgan fingerprint density at radius 2 is 1.85 bits per heavy atom. The van der Waals surface area contributed by atoms with Crippen LogP contribution in [0.5, 0.6) is 0 Å². The molecule has 0 bridgehead atoms. The van der Waals surface area contributed by atoms with Crippen molar-refractivity contribution in [3.63, 3.8) is 0 Å². The van der Waals surface area contributed by atoms with Gasteiger partial charge in [-0.3, -0.25) is 0 Å². The van der Waals surface area contributed by atoms with Crippen LogP contribution in [-0.4, -0.2) is 49.8 Å². The van der Waals surface area contributed by atoms with Crippen LogP contribution in [0.2, 0.25) is 0 Å². The quantitative estimate of drug-likeness (QED) is 0.838. The fraction of sp³-hybridized carbons (Fsp3) is 0.583. The molecule has 3 heterocycles. The van der Waals surface area contributed by atoms with Crippen LogP contribution >= 0.6 is 0 Å². The second kappa shape index (κ2) is 4.96. The summed E-state index contributed by atoms with van der Waals surface area (Å²) in [7, 11) is -3.52. The highest BCUT2D eigenvalue weighted by atomic mass is 32.2. The molecule has 0 amide bonds. The molecule has 3 rings (SSSR count). The molecule has 1 aromatic heterocycles. The summed E-state index contributed by atoms with van der Waals surface area (Å²) in [5.41, 5.74) is 5.47. The third kappa shape index (κ3) is 2.39. The van der Waals surface area contributed by atoms with Crippen LogP contribution in [-0.2, 0) is 19.5 Å². The molecule has 0 unspecified atom stereocenters. The average Bonchev–Trinajstić information content (AvgIpc) is 2.88. The first kappa shape index (κ1) is 13.7. The molecule has 2 N–H and O–H groups in total. The number of hydrogen-bond acceptors (Lipinski definition) is 6. The van der Waals surface area contributed by atoms with E-state index in [1.807, 2.05) is 0 Å². The summed E-state index contributed by atoms with van der Waals surface area (Å²) in [5.74, 6) is -0.278. The normalized spacial score (nSPS) is 23.2. The molecule has 1 aromatic rings. The molecule has 7 nitrogen and oxygen atoms in total. The third-order valence-electron chi connectivity index (χ3n) is 3.69. The SMILES string of the molecule is Nc1ccc(S(=O)(=O)N2CCC3(CC2)OCCO3)cn1. The van der Waals surface area contributed by atoms with Gasteiger partial charge in [-0.15, -0.1) is 0 Å². The Bertz CT molecular complexity index is 571. The Morgan fingerprint density at radius 3 is 2.40 bits per heavy atom. The van der Waals surface area contributed by atoms with Crippen LogP contribution in [0.4, 0.5) is 5.82 Å². The van der Waals surface area contributed by atoms with E-state index in [-0.39, 0.29) is 4.90 Å². The van der Waals surface area contributed by atoms with Gasteiger partial charge in [0.15, 0.2) is 5.79 Å². The van der Waals surface area contributed by atoms with Gasteiger partial charge in [0.25, 0.3) is 0 Å². The smallest absolute Gasteiger partial charge is 0.244 e. The number of pyridine rings is 1. The number of ether oxygens (including phenoxy) is 2. The Kier molecular flexibility index (Phi) is 3.41. The molecule has 0 saturated carbocycles. The number of piperidine rings is 1. The van der Waals surface area contributed by atoms with Crippen molar-refractivity contribution < 1.29 is 17.9 Å². The number of nitrogen functional groups attached to an aromatic ring is 1. The number of rotatable bonds is 2. The van der Waals surface area contributed by atoms with Gasteiger partial charge in [-0.05, 0) is 12.1 Å². The minimum atomic E-state index is -3.52. The highest BCUT2D eigenvalue weighted by Crippen LogP contribution is 2.33. The maximum atomic E-state index is 12.5. The van der Waals surface area contributed by atoms with Gasteiger partial charge in [-0.25, -0.2) is 13.4 Å². The highest BCUT2D eigenvalue weighted by Gasteiger charge is 2.42. The van der Waals surface area contributed by atoms with Gasteiger partial charge < -0.3 is 15.2 Å². The summed E-state index contributed by atoms with van der Waals surface area (Å²) in [4.78, 5) is 4.00. The minimum Gasteiger partial charge on any atom is -0.384 e. The van der Waals surface area contributed by atoms with Crippen LogP contribution in [0.15, 0.2) is 23.2 Å². The lowest BCUT2D eigenvalue weighted by molar-refractivity contribution is -0.179. The van der Waals surface area contributed by atoms with Crippen LogP contribution in [0.3, 0.4) is 0 Å². The van der Waals surface area contributed by atoms with Crippen molar-refractivity contribution in [2.45, 2.75) is 23.5 Å². The summed E-state index contributed by atoms with van der Waals surface area (Å²) < 4.78 is 37.6. The first-order valence-corrected chi connectivity index (χ1v) is 7.96. The van der Waals surface area contributed by atoms with E-state index in [4.69, 9.17) is 15.2 Å². The lowest BCUT2D eigenvalue weighted by Gasteiger charge is -2.36. The highest BCUT2D eigenvalue weighted by molar-refractivity contribution is 7.89. The van der Waals surface area contributed by atoms with Crippen LogP contribution in [0.1, 0.15) is 12.8 Å². The van der Waals surface area contributed by atoms with E-state index in [9.17, 15) is 8.42 Å². The van der Waals surface area contributed by atoms with Crippen molar-refractivity contribution >= 4 is 15.8 Å². The fourth-order valence-corrected chi connectivity index (χ4v) is 3.93. The van der Waals surface area contributed by atoms with E-state index in [0.29, 0.717) is 45.0 Å². The molecular formula is C12H17N3O4S. The number of hydrogen-bond donors (Lipinski definition) is 1. The molecule has 2 aliphatic heterocycles. The summed E-state index contributed by atoms with van der Waals surface area (Å²) in [6.07, 6.45) is 2.39. The zero-order chi connectivity index (χ0) is 14.2. The molecule has 0 aliphatic carbocycles. The summed E-state index contributed by atoms with van der Waals surface area (Å²) in [6, 6.07) is 2.96. The molecule has 2 aliphatic rings. The minimum absolute atomic E-state index is 0.163. The van der Waals surface area contributed by atoms with Crippen LogP contribution in [0, 0.1) is 0 Å². The van der Waals surface area contributed by atoms with Crippen molar-refractivity contribution in [3.8, 4) is 0 Å². The van der Waals surface area contributed by atoms with E-state index in [1.54, 1.807) is 0 Å². The van der Waals surface area contributed by atoms with E-state index in [0.717, 1.165) is 0 Å². The largest absolute Gasteiger partial charge is 0.384 e. The zero-order valence-corrected chi connectivity index (χ0v) is 11.8. The van der Waals surface area contributed by atoms with Crippen molar-refractivity contribution in [2.24, 2.45) is 0 Å². The first-order valence-electron chi connectivity index (χ1n) is 6.52. The van der Waals surface area contributed by atoms with Gasteiger partial charge in [0.2, 0.25) is 10.0 Å². The Hall–Kier alpha value is -1.22. The molecule has 110 valence electrons. The molecule has 2 fully saturated rings. The summed E-state index contributed by atoms with van der Waals surface area (Å²) in [6.45, 7) is 1.92.